The zero-order chi connectivity index (χ0) is 18.4. The van der Waals surface area contributed by atoms with E-state index in [0.717, 1.165) is 11.3 Å². The number of carbonyl (C=O) groups is 2. The van der Waals surface area contributed by atoms with Gasteiger partial charge >= 0.3 is 6.03 Å². The van der Waals surface area contributed by atoms with E-state index in [9.17, 15) is 9.59 Å². The maximum absolute atomic E-state index is 12.5. The molecule has 1 aliphatic rings. The molecular formula is C19H29N3O3. The second kappa shape index (κ2) is 8.85. The van der Waals surface area contributed by atoms with E-state index >= 15 is 0 Å². The highest BCUT2D eigenvalue weighted by atomic mass is 16.5. The Labute approximate surface area is 149 Å². The molecule has 0 spiro atoms. The van der Waals surface area contributed by atoms with Crippen LogP contribution in [0.25, 0.3) is 0 Å². The van der Waals surface area contributed by atoms with E-state index in [2.05, 4.69) is 22.5 Å². The van der Waals surface area contributed by atoms with Gasteiger partial charge in [-0.2, -0.15) is 0 Å². The molecule has 25 heavy (non-hydrogen) atoms. The molecule has 1 fully saturated rings. The molecule has 2 rings (SSSR count). The van der Waals surface area contributed by atoms with Crippen molar-refractivity contribution in [2.45, 2.75) is 52.2 Å². The third-order valence-corrected chi connectivity index (χ3v) is 4.80. The van der Waals surface area contributed by atoms with Gasteiger partial charge in [0.05, 0.1) is 13.2 Å². The molecular weight excluding hydrogens is 318 g/mol. The Morgan fingerprint density at radius 1 is 1.24 bits per heavy atom. The topological polar surface area (TPSA) is 70.7 Å². The van der Waals surface area contributed by atoms with Crippen LogP contribution in [0.1, 0.15) is 39.2 Å². The monoisotopic (exact) mass is 347 g/mol. The van der Waals surface area contributed by atoms with Crippen molar-refractivity contribution in [2.24, 2.45) is 5.92 Å². The number of hydrogen-bond donors (Lipinski definition) is 2. The summed E-state index contributed by atoms with van der Waals surface area (Å²) in [6.07, 6.45) is 2.40. The van der Waals surface area contributed by atoms with Crippen molar-refractivity contribution in [3.05, 3.63) is 29.8 Å². The molecule has 0 aliphatic heterocycles. The van der Waals surface area contributed by atoms with Crippen LogP contribution in [-0.2, 0) is 11.3 Å². The molecule has 2 atom stereocenters. The normalized spacial score (nSPS) is 16.2. The van der Waals surface area contributed by atoms with Crippen molar-refractivity contribution in [3.63, 3.8) is 0 Å². The van der Waals surface area contributed by atoms with Crippen LogP contribution in [0, 0.1) is 5.92 Å². The highest BCUT2D eigenvalue weighted by molar-refractivity contribution is 5.96. The fourth-order valence-corrected chi connectivity index (χ4v) is 3.00. The van der Waals surface area contributed by atoms with Gasteiger partial charge in [-0.3, -0.25) is 15.0 Å². The van der Waals surface area contributed by atoms with E-state index in [1.807, 2.05) is 38.1 Å². The van der Waals surface area contributed by atoms with E-state index in [4.69, 9.17) is 4.74 Å². The summed E-state index contributed by atoms with van der Waals surface area (Å²) in [5.41, 5.74) is 1.12. The number of benzene rings is 1. The molecule has 6 heteroatoms. The zero-order valence-electron chi connectivity index (χ0n) is 15.5. The van der Waals surface area contributed by atoms with Crippen LogP contribution < -0.4 is 15.4 Å². The van der Waals surface area contributed by atoms with Gasteiger partial charge < -0.3 is 10.1 Å². The van der Waals surface area contributed by atoms with Crippen molar-refractivity contribution in [3.8, 4) is 5.75 Å². The Hall–Kier alpha value is -2.08. The highest BCUT2D eigenvalue weighted by Gasteiger charge is 2.36. The van der Waals surface area contributed by atoms with Gasteiger partial charge in [-0.05, 0) is 57.2 Å². The third kappa shape index (κ3) is 5.46. The molecule has 0 aromatic heterocycles. The van der Waals surface area contributed by atoms with Gasteiger partial charge in [-0.1, -0.05) is 12.1 Å². The van der Waals surface area contributed by atoms with Crippen molar-refractivity contribution < 1.29 is 14.3 Å². The second-order valence-electron chi connectivity index (χ2n) is 6.62. The summed E-state index contributed by atoms with van der Waals surface area (Å²) in [6.45, 7) is 6.99. The Kier molecular flexibility index (Phi) is 6.82. The first-order chi connectivity index (χ1) is 12.0. The van der Waals surface area contributed by atoms with Gasteiger partial charge in [0.1, 0.15) is 5.75 Å². The number of amides is 3. The van der Waals surface area contributed by atoms with Crippen LogP contribution in [0.4, 0.5) is 4.79 Å². The number of rotatable bonds is 8. The molecule has 1 aromatic rings. The summed E-state index contributed by atoms with van der Waals surface area (Å²) in [4.78, 5) is 26.3. The lowest BCUT2D eigenvalue weighted by molar-refractivity contribution is -0.126. The van der Waals surface area contributed by atoms with Crippen LogP contribution >= 0.6 is 0 Å². The molecule has 6 nitrogen and oxygen atoms in total. The average Bonchev–Trinajstić information content (AvgIpc) is 3.44. The van der Waals surface area contributed by atoms with Crippen LogP contribution in [0.3, 0.4) is 0 Å². The van der Waals surface area contributed by atoms with Gasteiger partial charge in [0, 0.05) is 19.1 Å². The molecule has 2 N–H and O–H groups in total. The van der Waals surface area contributed by atoms with Crippen LogP contribution in [0.2, 0.25) is 0 Å². The maximum atomic E-state index is 12.5. The van der Waals surface area contributed by atoms with Gasteiger partial charge in [-0.15, -0.1) is 0 Å². The van der Waals surface area contributed by atoms with E-state index < -0.39 is 6.03 Å². The molecule has 138 valence electrons. The molecule has 1 saturated carbocycles. The summed E-state index contributed by atoms with van der Waals surface area (Å²) in [5.74, 6) is 1.16. The molecule has 1 aliphatic carbocycles. The lowest BCUT2D eigenvalue weighted by atomic mass is 10.1. The molecule has 0 heterocycles. The Morgan fingerprint density at radius 2 is 1.88 bits per heavy atom. The first kappa shape index (κ1) is 19.2. The molecule has 3 amide bonds. The minimum Gasteiger partial charge on any atom is -0.497 e. The van der Waals surface area contributed by atoms with Gasteiger partial charge in [0.2, 0.25) is 5.91 Å². The number of carbonyl (C=O) groups excluding carboxylic acids is 2. The molecule has 1 aromatic carbocycles. The summed E-state index contributed by atoms with van der Waals surface area (Å²) in [7, 11) is 1.64. The summed E-state index contributed by atoms with van der Waals surface area (Å²) in [6, 6.07) is 7.34. The number of methoxy groups -OCH3 is 1. The highest BCUT2D eigenvalue weighted by Crippen LogP contribution is 2.36. The standard InChI is InChI=1S/C19H29N3O3/c1-5-20-19(24)21-18(23)14(3)22(13(2)16-8-9-16)12-15-6-10-17(25-4)11-7-15/h6-7,10-11,13-14,16H,5,8-9,12H2,1-4H3,(H2,20,21,23,24). The second-order valence-corrected chi connectivity index (χ2v) is 6.62. The molecule has 0 radical (unpaired) electrons. The van der Waals surface area contributed by atoms with Crippen molar-refractivity contribution in [1.82, 2.24) is 15.5 Å². The Bertz CT molecular complexity index is 584. The number of imide groups is 1. The van der Waals surface area contributed by atoms with Crippen molar-refractivity contribution >= 4 is 11.9 Å². The minimum absolute atomic E-state index is 0.271. The first-order valence-electron chi connectivity index (χ1n) is 8.93. The number of urea groups is 1. The number of nitrogens with zero attached hydrogens (tertiary/aromatic N) is 1. The van der Waals surface area contributed by atoms with E-state index in [0.29, 0.717) is 19.0 Å². The zero-order valence-corrected chi connectivity index (χ0v) is 15.5. The predicted octanol–water partition coefficient (Wildman–Crippen LogP) is 2.53. The maximum Gasteiger partial charge on any atom is 0.321 e. The average molecular weight is 347 g/mol. The first-order valence-corrected chi connectivity index (χ1v) is 8.93. The molecule has 0 bridgehead atoms. The van der Waals surface area contributed by atoms with E-state index in [1.54, 1.807) is 7.11 Å². The smallest absolute Gasteiger partial charge is 0.321 e. The van der Waals surface area contributed by atoms with Crippen molar-refractivity contribution in [1.29, 1.82) is 0 Å². The van der Waals surface area contributed by atoms with Crippen LogP contribution in [-0.4, -0.2) is 42.6 Å². The lowest BCUT2D eigenvalue weighted by Crippen LogP contribution is -2.52. The summed E-state index contributed by atoms with van der Waals surface area (Å²) in [5, 5.41) is 5.02. The molecule has 0 saturated heterocycles. The van der Waals surface area contributed by atoms with Crippen LogP contribution in [0.15, 0.2) is 24.3 Å². The van der Waals surface area contributed by atoms with Crippen LogP contribution in [0.5, 0.6) is 5.75 Å². The lowest BCUT2D eigenvalue weighted by Gasteiger charge is -2.34. The minimum atomic E-state index is -0.442. The summed E-state index contributed by atoms with van der Waals surface area (Å²) < 4.78 is 5.20. The van der Waals surface area contributed by atoms with Gasteiger partial charge in [0.15, 0.2) is 0 Å². The van der Waals surface area contributed by atoms with E-state index in [1.165, 1.54) is 12.8 Å². The fraction of sp³-hybridized carbons (Fsp3) is 0.579. The quantitative estimate of drug-likeness (QED) is 0.758. The SMILES string of the molecule is CCNC(=O)NC(=O)C(C)N(Cc1ccc(OC)cc1)C(C)C1CC1. The van der Waals surface area contributed by atoms with E-state index in [-0.39, 0.29) is 18.0 Å². The van der Waals surface area contributed by atoms with Crippen molar-refractivity contribution in [2.75, 3.05) is 13.7 Å². The largest absolute Gasteiger partial charge is 0.497 e. The molecule has 2 unspecified atom stereocenters. The number of ether oxygens (including phenoxy) is 1. The summed E-state index contributed by atoms with van der Waals surface area (Å²) >= 11 is 0. The number of hydrogen-bond acceptors (Lipinski definition) is 4. The van der Waals surface area contributed by atoms with Gasteiger partial charge in [0.25, 0.3) is 0 Å². The fourth-order valence-electron chi connectivity index (χ4n) is 3.00. The third-order valence-electron chi connectivity index (χ3n) is 4.80. The number of nitrogens with one attached hydrogen (secondary N) is 2. The predicted molar refractivity (Wildman–Crippen MR) is 97.4 cm³/mol. The Morgan fingerprint density at radius 3 is 2.40 bits per heavy atom. The van der Waals surface area contributed by atoms with Gasteiger partial charge in [-0.25, -0.2) is 4.79 Å². The Balaban J connectivity index is 2.08.